The minimum absolute atomic E-state index is 0.146. The van der Waals surface area contributed by atoms with Gasteiger partial charge in [0, 0.05) is 25.7 Å². The lowest BCUT2D eigenvalue weighted by Gasteiger charge is -2.39. The van der Waals surface area contributed by atoms with Crippen LogP contribution in [0.15, 0.2) is 91.0 Å². The molecule has 0 fully saturated rings. The second-order valence-electron chi connectivity index (χ2n) is 12.4. The number of carbonyl (C=O) groups excluding carboxylic acids is 3. The molecule has 0 bridgehead atoms. The molecule has 0 radical (unpaired) electrons. The molecule has 11 heteroatoms. The number of carboxylic acids is 2. The van der Waals surface area contributed by atoms with Gasteiger partial charge < -0.3 is 30.3 Å². The van der Waals surface area contributed by atoms with Gasteiger partial charge in [-0.3, -0.25) is 14.4 Å². The Balaban J connectivity index is 2.15. The average Bonchev–Trinajstić information content (AvgIpc) is 3.01. The average molecular weight is 647 g/mol. The molecule has 4 N–H and O–H groups in total. The van der Waals surface area contributed by atoms with Crippen LogP contribution in [0, 0.1) is 0 Å². The molecule has 3 rings (SSSR count). The molecule has 3 aromatic rings. The van der Waals surface area contributed by atoms with Crippen LogP contribution in [-0.2, 0) is 48.1 Å². The van der Waals surface area contributed by atoms with Gasteiger partial charge in [-0.15, -0.1) is 0 Å². The third-order valence-corrected chi connectivity index (χ3v) is 7.36. The predicted octanol–water partition coefficient (Wildman–Crippen LogP) is 5.06. The first-order valence-corrected chi connectivity index (χ1v) is 15.3. The Morgan fingerprint density at radius 3 is 1.49 bits per heavy atom. The van der Waals surface area contributed by atoms with Crippen molar-refractivity contribution in [3.63, 3.8) is 0 Å². The summed E-state index contributed by atoms with van der Waals surface area (Å²) in [6, 6.07) is 26.2. The molecule has 0 aromatic heterocycles. The standard InChI is InChI=1S/C36H42N2O9/c1-34(2,3)47-33(45)38-35(21-19-29(39)40,23-26-13-7-4-8-14-26)31(43)37-36(22-20-30(41)42,24-27-15-9-5-10-16-27)32(44)46-25-28-17-11-6-12-18-28/h4-18H,19-25H2,1-3H3,(H,37,43)(H,38,45)(H,39,40)(H,41,42)/t35-,36+/m0/s1. The predicted molar refractivity (Wildman–Crippen MR) is 173 cm³/mol. The highest BCUT2D eigenvalue weighted by Crippen LogP contribution is 2.28. The van der Waals surface area contributed by atoms with Gasteiger partial charge in [0.2, 0.25) is 5.91 Å². The Kier molecular flexibility index (Phi) is 12.7. The summed E-state index contributed by atoms with van der Waals surface area (Å²) in [4.78, 5) is 65.8. The van der Waals surface area contributed by atoms with Crippen LogP contribution in [0.4, 0.5) is 4.79 Å². The van der Waals surface area contributed by atoms with Crippen molar-refractivity contribution >= 4 is 29.9 Å². The van der Waals surface area contributed by atoms with Crippen LogP contribution in [0.1, 0.15) is 63.1 Å². The van der Waals surface area contributed by atoms with Gasteiger partial charge >= 0.3 is 24.0 Å². The number of ether oxygens (including phenoxy) is 2. The number of hydrogen-bond donors (Lipinski definition) is 4. The highest BCUT2D eigenvalue weighted by molar-refractivity contribution is 5.95. The van der Waals surface area contributed by atoms with Crippen LogP contribution in [0.3, 0.4) is 0 Å². The Bertz CT molecular complexity index is 1510. The molecule has 0 heterocycles. The smallest absolute Gasteiger partial charge is 0.408 e. The Morgan fingerprint density at radius 2 is 1.04 bits per heavy atom. The normalized spacial score (nSPS) is 13.7. The van der Waals surface area contributed by atoms with Gasteiger partial charge in [-0.1, -0.05) is 91.0 Å². The van der Waals surface area contributed by atoms with Crippen molar-refractivity contribution in [2.45, 2.75) is 82.6 Å². The lowest BCUT2D eigenvalue weighted by atomic mass is 9.81. The van der Waals surface area contributed by atoms with E-state index < -0.39 is 59.4 Å². The Labute approximate surface area is 274 Å². The summed E-state index contributed by atoms with van der Waals surface area (Å²) in [5.41, 5.74) is -2.94. The second-order valence-corrected chi connectivity index (χ2v) is 12.4. The summed E-state index contributed by atoms with van der Waals surface area (Å²) in [5, 5.41) is 24.8. The van der Waals surface area contributed by atoms with E-state index in [1.165, 1.54) is 0 Å². The number of aliphatic carboxylic acids is 2. The molecule has 2 amide bonds. The Hall–Kier alpha value is -5.19. The molecule has 2 atom stereocenters. The molecular weight excluding hydrogens is 604 g/mol. The van der Waals surface area contributed by atoms with E-state index in [-0.39, 0.29) is 32.3 Å². The van der Waals surface area contributed by atoms with E-state index >= 15 is 0 Å². The van der Waals surface area contributed by atoms with E-state index in [4.69, 9.17) is 9.47 Å². The van der Waals surface area contributed by atoms with Gasteiger partial charge in [-0.05, 0) is 50.3 Å². The lowest BCUT2D eigenvalue weighted by Crippen LogP contribution is -2.67. The molecule has 0 saturated carbocycles. The second kappa shape index (κ2) is 16.4. The maximum atomic E-state index is 14.7. The molecule has 3 aromatic carbocycles. The number of rotatable bonds is 16. The number of hydrogen-bond acceptors (Lipinski definition) is 7. The number of benzene rings is 3. The van der Waals surface area contributed by atoms with Gasteiger partial charge in [-0.2, -0.15) is 0 Å². The first-order valence-electron chi connectivity index (χ1n) is 15.3. The molecular formula is C36H42N2O9. The fraction of sp³-hybridized carbons (Fsp3) is 0.361. The van der Waals surface area contributed by atoms with E-state index in [1.807, 2.05) is 0 Å². The van der Waals surface area contributed by atoms with E-state index in [9.17, 15) is 34.2 Å². The van der Waals surface area contributed by atoms with Gasteiger partial charge in [0.05, 0.1) is 0 Å². The summed E-state index contributed by atoms with van der Waals surface area (Å²) in [6.45, 7) is 4.77. The summed E-state index contributed by atoms with van der Waals surface area (Å²) in [7, 11) is 0. The summed E-state index contributed by atoms with van der Waals surface area (Å²) in [6.07, 6.45) is -3.03. The van der Waals surface area contributed by atoms with Crippen LogP contribution in [0.25, 0.3) is 0 Å². The molecule has 0 spiro atoms. The number of carboxylic acid groups (broad SMARTS) is 2. The van der Waals surface area contributed by atoms with E-state index in [0.717, 1.165) is 0 Å². The molecule has 47 heavy (non-hydrogen) atoms. The molecule has 0 unspecified atom stereocenters. The van der Waals surface area contributed by atoms with Crippen LogP contribution in [0.2, 0.25) is 0 Å². The van der Waals surface area contributed by atoms with Crippen molar-refractivity contribution in [2.75, 3.05) is 0 Å². The zero-order valence-electron chi connectivity index (χ0n) is 26.9. The molecule has 11 nitrogen and oxygen atoms in total. The zero-order valence-corrected chi connectivity index (χ0v) is 26.9. The maximum Gasteiger partial charge on any atom is 0.408 e. The van der Waals surface area contributed by atoms with Crippen molar-refractivity contribution < 1.29 is 43.7 Å². The van der Waals surface area contributed by atoms with Crippen molar-refractivity contribution in [3.05, 3.63) is 108 Å². The number of amides is 2. The minimum atomic E-state index is -1.94. The van der Waals surface area contributed by atoms with Crippen LogP contribution in [-0.4, -0.2) is 56.8 Å². The van der Waals surface area contributed by atoms with Crippen molar-refractivity contribution in [1.82, 2.24) is 10.6 Å². The monoisotopic (exact) mass is 646 g/mol. The van der Waals surface area contributed by atoms with Crippen molar-refractivity contribution in [3.8, 4) is 0 Å². The highest BCUT2D eigenvalue weighted by Gasteiger charge is 2.49. The molecule has 0 saturated heterocycles. The number of carbonyl (C=O) groups is 5. The fourth-order valence-corrected chi connectivity index (χ4v) is 5.09. The summed E-state index contributed by atoms with van der Waals surface area (Å²) >= 11 is 0. The molecule has 0 aliphatic rings. The largest absolute Gasteiger partial charge is 0.481 e. The SMILES string of the molecule is CC(C)(C)OC(=O)N[C@@](CCC(=O)O)(Cc1ccccc1)C(=O)N[C@](CCC(=O)O)(Cc1ccccc1)C(=O)OCc1ccccc1. The third kappa shape index (κ3) is 11.6. The molecule has 250 valence electrons. The van der Waals surface area contributed by atoms with Crippen molar-refractivity contribution in [1.29, 1.82) is 0 Å². The lowest BCUT2D eigenvalue weighted by molar-refractivity contribution is -0.157. The van der Waals surface area contributed by atoms with Crippen LogP contribution in [0.5, 0.6) is 0 Å². The Morgan fingerprint density at radius 1 is 0.617 bits per heavy atom. The van der Waals surface area contributed by atoms with E-state index in [0.29, 0.717) is 16.7 Å². The highest BCUT2D eigenvalue weighted by atomic mass is 16.6. The minimum Gasteiger partial charge on any atom is -0.481 e. The zero-order chi connectivity index (χ0) is 34.5. The number of alkyl carbamates (subject to hydrolysis) is 1. The van der Waals surface area contributed by atoms with Gasteiger partial charge in [0.25, 0.3) is 0 Å². The van der Waals surface area contributed by atoms with Crippen LogP contribution >= 0.6 is 0 Å². The quantitative estimate of drug-likeness (QED) is 0.155. The topological polar surface area (TPSA) is 168 Å². The van der Waals surface area contributed by atoms with Gasteiger partial charge in [0.1, 0.15) is 23.3 Å². The first-order chi connectivity index (χ1) is 22.2. The van der Waals surface area contributed by atoms with Crippen LogP contribution < -0.4 is 10.6 Å². The molecule has 0 aliphatic heterocycles. The van der Waals surface area contributed by atoms with Crippen molar-refractivity contribution in [2.24, 2.45) is 0 Å². The maximum absolute atomic E-state index is 14.7. The first kappa shape index (κ1) is 36.3. The van der Waals surface area contributed by atoms with Gasteiger partial charge in [-0.25, -0.2) is 9.59 Å². The number of nitrogens with one attached hydrogen (secondary N) is 2. The van der Waals surface area contributed by atoms with E-state index in [2.05, 4.69) is 10.6 Å². The van der Waals surface area contributed by atoms with E-state index in [1.54, 1.807) is 112 Å². The summed E-state index contributed by atoms with van der Waals surface area (Å²) in [5.74, 6) is -4.21. The third-order valence-electron chi connectivity index (χ3n) is 7.36. The van der Waals surface area contributed by atoms with Gasteiger partial charge in [0.15, 0.2) is 0 Å². The number of esters is 1. The molecule has 0 aliphatic carbocycles. The fourth-order valence-electron chi connectivity index (χ4n) is 5.09. The summed E-state index contributed by atoms with van der Waals surface area (Å²) < 4.78 is 11.2.